The summed E-state index contributed by atoms with van der Waals surface area (Å²) in [4.78, 5) is 26.4. The summed E-state index contributed by atoms with van der Waals surface area (Å²) < 4.78 is 49.7. The smallest absolute Gasteiger partial charge is 0.418 e. The first kappa shape index (κ1) is 34.3. The van der Waals surface area contributed by atoms with Gasteiger partial charge in [0.25, 0.3) is 5.91 Å². The van der Waals surface area contributed by atoms with E-state index in [1.807, 2.05) is 38.7 Å². The molecule has 42 heavy (non-hydrogen) atoms. The van der Waals surface area contributed by atoms with Crippen LogP contribution in [0.5, 0.6) is 17.2 Å². The van der Waals surface area contributed by atoms with Crippen molar-refractivity contribution in [2.24, 2.45) is 0 Å². The number of rotatable bonds is 12. The van der Waals surface area contributed by atoms with Gasteiger partial charge in [-0.2, -0.15) is 0 Å². The molecule has 1 heterocycles. The van der Waals surface area contributed by atoms with Gasteiger partial charge in [-0.3, -0.25) is 15.4 Å². The first-order valence-electron chi connectivity index (χ1n) is 13.4. The summed E-state index contributed by atoms with van der Waals surface area (Å²) >= 11 is 0. The lowest BCUT2D eigenvalue weighted by Gasteiger charge is -2.31. The van der Waals surface area contributed by atoms with Crippen LogP contribution in [-0.4, -0.2) is 80.7 Å². The zero-order valence-corrected chi connectivity index (χ0v) is 25.8. The van der Waals surface area contributed by atoms with E-state index < -0.39 is 10.1 Å². The van der Waals surface area contributed by atoms with Crippen LogP contribution in [0.2, 0.25) is 0 Å². The van der Waals surface area contributed by atoms with Crippen molar-refractivity contribution in [3.63, 3.8) is 0 Å². The number of primary amides is 1. The minimum absolute atomic E-state index is 0.0315. The molecule has 0 radical (unpaired) electrons. The second-order valence-electron chi connectivity index (χ2n) is 9.84. The summed E-state index contributed by atoms with van der Waals surface area (Å²) in [7, 11) is -0.699. The zero-order chi connectivity index (χ0) is 31.4. The highest BCUT2D eigenvalue weighted by molar-refractivity contribution is 7.84. The predicted molar refractivity (Wildman–Crippen MR) is 156 cm³/mol. The van der Waals surface area contributed by atoms with E-state index >= 15 is 0 Å². The minimum Gasteiger partial charge on any atom is -0.748 e. The van der Waals surface area contributed by atoms with E-state index in [2.05, 4.69) is 10.5 Å². The normalized spacial score (nSPS) is 11.2. The summed E-state index contributed by atoms with van der Waals surface area (Å²) in [5, 5.41) is 8.68. The number of nitrogens with zero attached hydrogens (tertiary/aromatic N) is 2. The molecular weight excluding hydrogens is 568 g/mol. The van der Waals surface area contributed by atoms with Crippen LogP contribution < -0.4 is 24.8 Å². The number of nitrogens with two attached hydrogens (primary N) is 1. The lowest BCUT2D eigenvalue weighted by atomic mass is 10.1. The van der Waals surface area contributed by atoms with Crippen LogP contribution in [0.15, 0.2) is 40.9 Å². The van der Waals surface area contributed by atoms with Crippen LogP contribution in [0.1, 0.15) is 50.9 Å². The Morgan fingerprint density at radius 1 is 1.02 bits per heavy atom. The number of carbonyl (C=O) groups excluding carboxylic acids is 2. The molecule has 0 unspecified atom stereocenters. The Morgan fingerprint density at radius 2 is 1.64 bits per heavy atom. The number of aromatic nitrogens is 1. The van der Waals surface area contributed by atoms with Gasteiger partial charge in [0.2, 0.25) is 0 Å². The summed E-state index contributed by atoms with van der Waals surface area (Å²) in [5.74, 6) is 2.13. The molecule has 3 N–H and O–H groups in total. The molecule has 0 spiro atoms. The van der Waals surface area contributed by atoms with E-state index in [1.165, 1.54) is 5.32 Å². The topological polar surface area (TPSA) is 177 Å². The maximum Gasteiger partial charge on any atom is 0.418 e. The lowest BCUT2D eigenvalue weighted by molar-refractivity contribution is -0.519. The number of methoxy groups -OCH3 is 1. The Balaban J connectivity index is 0.00000113. The Kier molecular flexibility index (Phi) is 13.0. The van der Waals surface area contributed by atoms with E-state index in [1.54, 1.807) is 44.5 Å². The molecule has 3 aromatic rings. The van der Waals surface area contributed by atoms with Crippen molar-refractivity contribution in [1.29, 1.82) is 0 Å². The van der Waals surface area contributed by atoms with Gasteiger partial charge in [0.1, 0.15) is 5.75 Å². The number of hydrogen-bond acceptors (Lipinski definition) is 10. The number of ether oxygens (including phenoxy) is 3. The van der Waals surface area contributed by atoms with Gasteiger partial charge in [0.15, 0.2) is 22.9 Å². The minimum atomic E-state index is -3.92. The molecule has 13 nitrogen and oxygen atoms in total. The molecule has 0 aliphatic heterocycles. The van der Waals surface area contributed by atoms with E-state index in [0.29, 0.717) is 59.1 Å². The Morgan fingerprint density at radius 3 is 2.21 bits per heavy atom. The van der Waals surface area contributed by atoms with Gasteiger partial charge in [0.05, 0.1) is 42.9 Å². The molecule has 0 fully saturated rings. The number of quaternary nitrogens is 1. The van der Waals surface area contributed by atoms with E-state index in [0.717, 1.165) is 12.8 Å². The average Bonchev–Trinajstić information content (AvgIpc) is 3.30. The Labute approximate surface area is 246 Å². The van der Waals surface area contributed by atoms with Crippen LogP contribution in [0.3, 0.4) is 0 Å². The second kappa shape index (κ2) is 15.9. The largest absolute Gasteiger partial charge is 0.748 e. The predicted octanol–water partition coefficient (Wildman–Crippen LogP) is 3.22. The summed E-state index contributed by atoms with van der Waals surface area (Å²) in [6.45, 7) is 9.01. The molecule has 0 saturated carbocycles. The van der Waals surface area contributed by atoms with Crippen LogP contribution in [-0.2, 0) is 10.1 Å². The van der Waals surface area contributed by atoms with E-state index in [4.69, 9.17) is 31.7 Å². The van der Waals surface area contributed by atoms with Gasteiger partial charge >= 0.3 is 6.03 Å². The molecule has 0 bridgehead atoms. The van der Waals surface area contributed by atoms with Crippen molar-refractivity contribution in [3.05, 3.63) is 42.0 Å². The van der Waals surface area contributed by atoms with Gasteiger partial charge in [-0.25, -0.2) is 13.2 Å². The molecule has 2 aromatic carbocycles. The number of hydrogen-bond donors (Lipinski definition) is 2. The lowest BCUT2D eigenvalue weighted by Crippen LogP contribution is -2.85. The highest BCUT2D eigenvalue weighted by Crippen LogP contribution is 2.30. The third kappa shape index (κ3) is 10.8. The first-order valence-corrected chi connectivity index (χ1v) is 15.2. The molecule has 1 aromatic heterocycles. The zero-order valence-electron chi connectivity index (χ0n) is 25.0. The van der Waals surface area contributed by atoms with Gasteiger partial charge in [-0.05, 0) is 70.9 Å². The van der Waals surface area contributed by atoms with E-state index in [9.17, 15) is 9.59 Å². The van der Waals surface area contributed by atoms with Crippen molar-refractivity contribution in [3.8, 4) is 17.2 Å². The quantitative estimate of drug-likeness (QED) is 0.229. The fourth-order valence-corrected chi connectivity index (χ4v) is 4.00. The molecule has 3 amide bonds. The molecule has 0 aliphatic carbocycles. The molecular formula is C28H40N4O9S. The number of benzene rings is 2. The highest BCUT2D eigenvalue weighted by Gasteiger charge is 2.22. The highest BCUT2D eigenvalue weighted by atomic mass is 32.2. The Hall–Kier alpha value is -3.88. The van der Waals surface area contributed by atoms with Crippen molar-refractivity contribution >= 4 is 38.8 Å². The van der Waals surface area contributed by atoms with Crippen LogP contribution in [0.4, 0.5) is 10.6 Å². The first-order chi connectivity index (χ1) is 19.7. The van der Waals surface area contributed by atoms with Crippen molar-refractivity contribution in [2.75, 3.05) is 38.9 Å². The number of fused-ring (bicyclic) bond motifs is 1. The van der Waals surface area contributed by atoms with Gasteiger partial charge in [-0.1, -0.05) is 5.16 Å². The fraction of sp³-hybridized carbons (Fsp3) is 0.464. The summed E-state index contributed by atoms with van der Waals surface area (Å²) in [6, 6.07) is 10.6. The number of carbonyl (C=O) groups is 2. The molecule has 0 saturated heterocycles. The molecule has 232 valence electrons. The standard InChI is InChI=1S/C27H36N4O6.CH4O3S/c1-17(2)31(18(3)4)26(32)19-9-12-22(24(15-19)34-6)36-14-8-7-13-35-20-10-11-21-23(16-20)37-30-25(21)29-27(33)28-5;1-5(2,3)4/h9-12,15-18H,7-8,13-14H2,1-6H3,(H2,28,29,30,33);1H3,(H,2,3,4). The maximum absolute atomic E-state index is 13.0. The van der Waals surface area contributed by atoms with Crippen LogP contribution in [0, 0.1) is 0 Å². The number of urea groups is 1. The third-order valence-electron chi connectivity index (χ3n) is 5.77. The number of nitrogens with one attached hydrogen (secondary N) is 1. The number of anilines is 1. The molecule has 3 rings (SSSR count). The van der Waals surface area contributed by atoms with Crippen LogP contribution >= 0.6 is 0 Å². The Bertz CT molecular complexity index is 1420. The van der Waals surface area contributed by atoms with Gasteiger partial charge in [0, 0.05) is 30.0 Å². The van der Waals surface area contributed by atoms with Gasteiger partial charge in [-0.15, -0.1) is 0 Å². The molecule has 0 atom stereocenters. The second-order valence-corrected chi connectivity index (χ2v) is 11.2. The van der Waals surface area contributed by atoms with Crippen LogP contribution in [0.25, 0.3) is 11.0 Å². The average molecular weight is 609 g/mol. The summed E-state index contributed by atoms with van der Waals surface area (Å²) in [6.07, 6.45) is 2.15. The number of amides is 3. The number of unbranched alkanes of at least 4 members (excludes halogenated alkanes) is 1. The fourth-order valence-electron chi connectivity index (χ4n) is 4.00. The van der Waals surface area contributed by atoms with Crippen molar-refractivity contribution in [1.82, 2.24) is 10.1 Å². The molecule has 14 heteroatoms. The SMILES string of the molecule is CS(=O)(=O)[O-].C[NH2+]C(=O)Nc1noc2cc(OCCCCOc3ccc(C(=O)N(C(C)C)C(C)C)cc3OC)ccc12. The monoisotopic (exact) mass is 608 g/mol. The van der Waals surface area contributed by atoms with Gasteiger partial charge < -0.3 is 28.2 Å². The molecule has 0 aliphatic rings. The van der Waals surface area contributed by atoms with Crippen molar-refractivity contribution in [2.45, 2.75) is 52.6 Å². The summed E-state index contributed by atoms with van der Waals surface area (Å²) in [5.41, 5.74) is 1.10. The maximum atomic E-state index is 13.0. The third-order valence-corrected chi connectivity index (χ3v) is 5.77. The van der Waals surface area contributed by atoms with Crippen molar-refractivity contribution < 1.29 is 46.6 Å². The van der Waals surface area contributed by atoms with E-state index in [-0.39, 0.29) is 24.0 Å².